The van der Waals surface area contributed by atoms with E-state index in [1.165, 1.54) is 4.31 Å². The Morgan fingerprint density at radius 1 is 1.02 bits per heavy atom. The molecule has 0 aromatic heterocycles. The molecule has 216 valence electrons. The predicted octanol–water partition coefficient (Wildman–Crippen LogP) is 5.00. The lowest BCUT2D eigenvalue weighted by Crippen LogP contribution is -2.42. The molecular weight excluding hydrogens is 564 g/mol. The van der Waals surface area contributed by atoms with Gasteiger partial charge in [-0.2, -0.15) is 9.41 Å². The van der Waals surface area contributed by atoms with Crippen molar-refractivity contribution in [2.75, 3.05) is 18.4 Å². The van der Waals surface area contributed by atoms with Crippen LogP contribution in [0, 0.1) is 12.8 Å². The fourth-order valence-electron chi connectivity index (χ4n) is 4.42. The number of anilines is 1. The Hall–Kier alpha value is -3.73. The van der Waals surface area contributed by atoms with E-state index in [4.69, 9.17) is 16.3 Å². The molecule has 1 atom stereocenters. The molecule has 4 rings (SSSR count). The van der Waals surface area contributed by atoms with E-state index in [1.807, 2.05) is 6.92 Å². The quantitative estimate of drug-likeness (QED) is 0.266. The van der Waals surface area contributed by atoms with Crippen molar-refractivity contribution in [3.8, 4) is 5.75 Å². The summed E-state index contributed by atoms with van der Waals surface area (Å²) in [6.45, 7) is 5.85. The summed E-state index contributed by atoms with van der Waals surface area (Å²) in [5.41, 5.74) is 5.41. The Balaban J connectivity index is 1.26. The first-order chi connectivity index (χ1) is 19.5. The smallest absolute Gasteiger partial charge is 0.265 e. The Morgan fingerprint density at radius 2 is 1.68 bits per heavy atom. The lowest BCUT2D eigenvalue weighted by molar-refractivity contribution is -0.126. The van der Waals surface area contributed by atoms with Gasteiger partial charge in [0.15, 0.2) is 6.10 Å². The van der Waals surface area contributed by atoms with Crippen LogP contribution in [-0.2, 0) is 19.6 Å². The maximum Gasteiger partial charge on any atom is 0.265 e. The molecule has 1 saturated heterocycles. The zero-order valence-electron chi connectivity index (χ0n) is 23.1. The summed E-state index contributed by atoms with van der Waals surface area (Å²) in [5.74, 6) is -0.279. The molecule has 0 radical (unpaired) electrons. The van der Waals surface area contributed by atoms with Crippen LogP contribution in [0.3, 0.4) is 0 Å². The summed E-state index contributed by atoms with van der Waals surface area (Å²) in [5, 5.41) is 7.66. The molecule has 1 fully saturated rings. The van der Waals surface area contributed by atoms with Gasteiger partial charge in [-0.15, -0.1) is 0 Å². The molecule has 11 heteroatoms. The largest absolute Gasteiger partial charge is 0.481 e. The number of aryl methyl sites for hydroxylation is 1. The number of nitrogens with one attached hydrogen (secondary N) is 2. The molecule has 0 bridgehead atoms. The lowest BCUT2D eigenvalue weighted by atomic mass is 9.98. The number of hydrogen-bond donors (Lipinski definition) is 2. The third-order valence-corrected chi connectivity index (χ3v) is 9.07. The summed E-state index contributed by atoms with van der Waals surface area (Å²) in [6.07, 6.45) is 0.111. The van der Waals surface area contributed by atoms with Crippen molar-refractivity contribution in [2.45, 2.75) is 44.6 Å². The van der Waals surface area contributed by atoms with E-state index in [2.05, 4.69) is 15.8 Å². The van der Waals surface area contributed by atoms with E-state index in [9.17, 15) is 18.0 Å². The van der Waals surface area contributed by atoms with Crippen molar-refractivity contribution in [3.05, 3.63) is 88.9 Å². The summed E-state index contributed by atoms with van der Waals surface area (Å²) < 4.78 is 32.8. The topological polar surface area (TPSA) is 117 Å². The average molecular weight is 597 g/mol. The minimum absolute atomic E-state index is 0.241. The van der Waals surface area contributed by atoms with Crippen LogP contribution < -0.4 is 15.5 Å². The first-order valence-corrected chi connectivity index (χ1v) is 15.1. The van der Waals surface area contributed by atoms with Gasteiger partial charge in [0.25, 0.3) is 5.91 Å². The number of halogens is 1. The van der Waals surface area contributed by atoms with Crippen molar-refractivity contribution in [2.24, 2.45) is 11.0 Å². The minimum atomic E-state index is -3.57. The van der Waals surface area contributed by atoms with Crippen molar-refractivity contribution in [3.63, 3.8) is 0 Å². The summed E-state index contributed by atoms with van der Waals surface area (Å²) in [7, 11) is -3.57. The number of piperidine rings is 1. The van der Waals surface area contributed by atoms with E-state index in [1.54, 1.807) is 86.6 Å². The second-order valence-electron chi connectivity index (χ2n) is 9.90. The van der Waals surface area contributed by atoms with Gasteiger partial charge < -0.3 is 10.1 Å². The zero-order chi connectivity index (χ0) is 29.6. The molecule has 0 unspecified atom stereocenters. The van der Waals surface area contributed by atoms with Gasteiger partial charge in [-0.1, -0.05) is 41.9 Å². The molecule has 0 spiro atoms. The van der Waals surface area contributed by atoms with Crippen molar-refractivity contribution < 1.29 is 22.7 Å². The van der Waals surface area contributed by atoms with E-state index in [-0.39, 0.29) is 35.7 Å². The molecule has 1 aliphatic rings. The number of carbonyl (C=O) groups is 2. The van der Waals surface area contributed by atoms with E-state index in [0.717, 1.165) is 11.1 Å². The molecule has 41 heavy (non-hydrogen) atoms. The van der Waals surface area contributed by atoms with Crippen LogP contribution in [0.4, 0.5) is 5.69 Å². The summed E-state index contributed by atoms with van der Waals surface area (Å²) >= 11 is 5.98. The van der Waals surface area contributed by atoms with Gasteiger partial charge in [-0.05, 0) is 87.2 Å². The molecule has 9 nitrogen and oxygen atoms in total. The minimum Gasteiger partial charge on any atom is -0.481 e. The number of nitrogens with zero attached hydrogens (tertiary/aromatic N) is 2. The van der Waals surface area contributed by atoms with Crippen LogP contribution in [0.1, 0.15) is 37.8 Å². The Bertz CT molecular complexity index is 1520. The number of rotatable bonds is 9. The van der Waals surface area contributed by atoms with Crippen LogP contribution in [-0.4, -0.2) is 49.4 Å². The van der Waals surface area contributed by atoms with Gasteiger partial charge >= 0.3 is 0 Å². The van der Waals surface area contributed by atoms with Gasteiger partial charge in [0.2, 0.25) is 15.9 Å². The Morgan fingerprint density at radius 3 is 2.32 bits per heavy atom. The van der Waals surface area contributed by atoms with E-state index in [0.29, 0.717) is 35.0 Å². The monoisotopic (exact) mass is 596 g/mol. The predicted molar refractivity (Wildman–Crippen MR) is 160 cm³/mol. The van der Waals surface area contributed by atoms with Crippen molar-refractivity contribution in [1.29, 1.82) is 0 Å². The Kier molecular flexibility index (Phi) is 9.80. The van der Waals surface area contributed by atoms with Crippen molar-refractivity contribution >= 4 is 44.8 Å². The second-order valence-corrected chi connectivity index (χ2v) is 12.3. The molecule has 0 saturated carbocycles. The molecule has 3 aromatic rings. The highest BCUT2D eigenvalue weighted by Crippen LogP contribution is 2.25. The summed E-state index contributed by atoms with van der Waals surface area (Å²) in [6, 6.07) is 20.6. The molecule has 2 amide bonds. The number of amides is 2. The van der Waals surface area contributed by atoms with Crippen molar-refractivity contribution in [1.82, 2.24) is 9.73 Å². The maximum atomic E-state index is 12.8. The molecular formula is C30H33ClN4O5S. The third kappa shape index (κ3) is 7.72. The van der Waals surface area contributed by atoms with Crippen LogP contribution >= 0.6 is 11.6 Å². The first-order valence-electron chi connectivity index (χ1n) is 13.3. The molecule has 2 N–H and O–H groups in total. The van der Waals surface area contributed by atoms with E-state index < -0.39 is 16.1 Å². The third-order valence-electron chi connectivity index (χ3n) is 6.92. The molecule has 1 heterocycles. The van der Waals surface area contributed by atoms with Crippen LogP contribution in [0.2, 0.25) is 5.02 Å². The molecule has 1 aliphatic heterocycles. The maximum absolute atomic E-state index is 12.8. The van der Waals surface area contributed by atoms with Gasteiger partial charge in [0.1, 0.15) is 5.75 Å². The van der Waals surface area contributed by atoms with Gasteiger partial charge in [-0.25, -0.2) is 13.8 Å². The van der Waals surface area contributed by atoms with E-state index >= 15 is 0 Å². The Labute approximate surface area is 245 Å². The van der Waals surface area contributed by atoms with Crippen LogP contribution in [0.25, 0.3) is 0 Å². The highest BCUT2D eigenvalue weighted by molar-refractivity contribution is 7.89. The number of hydrogen-bond acceptors (Lipinski definition) is 6. The lowest BCUT2D eigenvalue weighted by Gasteiger charge is -2.30. The molecule has 3 aromatic carbocycles. The van der Waals surface area contributed by atoms with Crippen LogP contribution in [0.5, 0.6) is 5.75 Å². The highest BCUT2D eigenvalue weighted by atomic mass is 35.5. The van der Waals surface area contributed by atoms with Gasteiger partial charge in [0, 0.05) is 29.7 Å². The van der Waals surface area contributed by atoms with Gasteiger partial charge in [-0.3, -0.25) is 9.59 Å². The first kappa shape index (κ1) is 30.2. The number of carbonyl (C=O) groups excluding carboxylic acids is 2. The molecule has 0 aliphatic carbocycles. The number of benzene rings is 3. The normalized spacial score (nSPS) is 15.7. The summed E-state index contributed by atoms with van der Waals surface area (Å²) in [4.78, 5) is 25.6. The van der Waals surface area contributed by atoms with Crippen LogP contribution in [0.15, 0.2) is 82.8 Å². The average Bonchev–Trinajstić information content (AvgIpc) is 2.98. The zero-order valence-corrected chi connectivity index (χ0v) is 24.7. The SMILES string of the molecule is C/C(=N/NC(=O)C1CCN(S(=O)(=O)c2ccccc2)CC1)c1ccc(NC(=O)[C@H](C)Oc2ccc(Cl)cc2C)cc1. The highest BCUT2D eigenvalue weighted by Gasteiger charge is 2.32. The van der Waals surface area contributed by atoms with Gasteiger partial charge in [0.05, 0.1) is 10.6 Å². The second kappa shape index (κ2) is 13.3. The fraction of sp³-hybridized carbons (Fsp3) is 0.300. The number of ether oxygens (including phenoxy) is 1. The number of hydrazone groups is 1. The standard InChI is InChI=1S/C30H33ClN4O5S/c1-20-19-25(31)11-14-28(20)40-22(3)29(36)32-26-12-9-23(10-13-26)21(2)33-34-30(37)24-15-17-35(18-16-24)41(38,39)27-7-5-4-6-8-27/h4-14,19,22,24H,15-18H2,1-3H3,(H,32,36)(H,34,37)/b33-21-/t22-/m0/s1. The fourth-order valence-corrected chi connectivity index (χ4v) is 6.14. The number of sulfonamides is 1.